The second kappa shape index (κ2) is 4.71. The molecule has 3 rings (SSSR count). The van der Waals surface area contributed by atoms with Gasteiger partial charge in [-0.05, 0) is 19.1 Å². The topological polar surface area (TPSA) is 47.6 Å². The lowest BCUT2D eigenvalue weighted by molar-refractivity contribution is 0.0204. The minimum atomic E-state index is -0.150. The predicted octanol–water partition coefficient (Wildman–Crippen LogP) is 1.25. The van der Waals surface area contributed by atoms with Crippen molar-refractivity contribution in [3.8, 4) is 5.75 Å². The number of nitrogens with one attached hydrogen (secondary N) is 1. The van der Waals surface area contributed by atoms with E-state index in [-0.39, 0.29) is 23.8 Å². The molecule has 0 bridgehead atoms. The lowest BCUT2D eigenvalue weighted by Crippen LogP contribution is -2.54. The van der Waals surface area contributed by atoms with Gasteiger partial charge in [0.15, 0.2) is 5.78 Å². The standard InChI is InChI=1S/C14H17NO3/c1-9-6-17-8-12(15-9)11-7-18-13-5-3-2-4-10(13)14(11)16/h2-5,9,11-12,15H,6-8H2,1H3. The summed E-state index contributed by atoms with van der Waals surface area (Å²) >= 11 is 0. The Morgan fingerprint density at radius 3 is 2.89 bits per heavy atom. The summed E-state index contributed by atoms with van der Waals surface area (Å²) in [5.74, 6) is 0.707. The van der Waals surface area contributed by atoms with Gasteiger partial charge in [0, 0.05) is 12.1 Å². The summed E-state index contributed by atoms with van der Waals surface area (Å²) in [4.78, 5) is 12.4. The third kappa shape index (κ3) is 2.02. The zero-order chi connectivity index (χ0) is 12.5. The Bertz CT molecular complexity index is 460. The number of ketones is 1. The molecule has 1 aromatic rings. The van der Waals surface area contributed by atoms with Gasteiger partial charge in [-0.25, -0.2) is 0 Å². The fraction of sp³-hybridized carbons (Fsp3) is 0.500. The molecule has 0 amide bonds. The average molecular weight is 247 g/mol. The van der Waals surface area contributed by atoms with Crippen molar-refractivity contribution in [1.82, 2.24) is 5.32 Å². The molecule has 1 aromatic carbocycles. The van der Waals surface area contributed by atoms with Crippen LogP contribution in [0.25, 0.3) is 0 Å². The zero-order valence-corrected chi connectivity index (χ0v) is 10.4. The number of para-hydroxylation sites is 1. The summed E-state index contributed by atoms with van der Waals surface area (Å²) in [7, 11) is 0. The number of rotatable bonds is 1. The molecule has 1 fully saturated rings. The van der Waals surface area contributed by atoms with E-state index >= 15 is 0 Å². The molecule has 1 N–H and O–H groups in total. The zero-order valence-electron chi connectivity index (χ0n) is 10.4. The van der Waals surface area contributed by atoms with Crippen molar-refractivity contribution in [2.75, 3.05) is 19.8 Å². The first-order valence-electron chi connectivity index (χ1n) is 6.35. The molecule has 18 heavy (non-hydrogen) atoms. The molecule has 0 radical (unpaired) electrons. The summed E-state index contributed by atoms with van der Waals surface area (Å²) in [6.07, 6.45) is 0. The van der Waals surface area contributed by atoms with Crippen molar-refractivity contribution < 1.29 is 14.3 Å². The van der Waals surface area contributed by atoms with Crippen molar-refractivity contribution >= 4 is 5.78 Å². The molecular formula is C14H17NO3. The van der Waals surface area contributed by atoms with Crippen LogP contribution in [0.4, 0.5) is 0 Å². The maximum Gasteiger partial charge on any atom is 0.174 e. The normalized spacial score (nSPS) is 31.6. The van der Waals surface area contributed by atoms with Gasteiger partial charge in [-0.15, -0.1) is 0 Å². The van der Waals surface area contributed by atoms with Crippen LogP contribution in [0.3, 0.4) is 0 Å². The molecule has 2 aliphatic rings. The van der Waals surface area contributed by atoms with Gasteiger partial charge in [-0.3, -0.25) is 4.79 Å². The molecule has 3 atom stereocenters. The van der Waals surface area contributed by atoms with E-state index in [0.29, 0.717) is 31.1 Å². The summed E-state index contributed by atoms with van der Waals surface area (Å²) in [6.45, 7) is 3.78. The molecule has 0 spiro atoms. The number of hydrogen-bond acceptors (Lipinski definition) is 4. The number of benzene rings is 1. The van der Waals surface area contributed by atoms with Crippen LogP contribution in [0.2, 0.25) is 0 Å². The van der Waals surface area contributed by atoms with E-state index in [2.05, 4.69) is 12.2 Å². The van der Waals surface area contributed by atoms with Crippen molar-refractivity contribution in [1.29, 1.82) is 0 Å². The van der Waals surface area contributed by atoms with Gasteiger partial charge in [0.2, 0.25) is 0 Å². The molecule has 2 aliphatic heterocycles. The number of morpholine rings is 1. The van der Waals surface area contributed by atoms with E-state index in [0.717, 1.165) is 0 Å². The lowest BCUT2D eigenvalue weighted by Gasteiger charge is -2.35. The van der Waals surface area contributed by atoms with Crippen molar-refractivity contribution in [2.45, 2.75) is 19.0 Å². The molecular weight excluding hydrogens is 230 g/mol. The molecule has 0 aliphatic carbocycles. The summed E-state index contributed by atoms with van der Waals surface area (Å²) in [5.41, 5.74) is 0.689. The fourth-order valence-electron chi connectivity index (χ4n) is 2.62. The van der Waals surface area contributed by atoms with Gasteiger partial charge < -0.3 is 14.8 Å². The minimum Gasteiger partial charge on any atom is -0.492 e. The van der Waals surface area contributed by atoms with Crippen LogP contribution in [-0.4, -0.2) is 37.7 Å². The second-order valence-corrected chi connectivity index (χ2v) is 4.99. The van der Waals surface area contributed by atoms with E-state index in [1.54, 1.807) is 0 Å². The smallest absolute Gasteiger partial charge is 0.174 e. The summed E-state index contributed by atoms with van der Waals surface area (Å²) in [5, 5.41) is 3.42. The Labute approximate surface area is 106 Å². The Morgan fingerprint density at radius 1 is 1.22 bits per heavy atom. The molecule has 96 valence electrons. The molecule has 0 saturated carbocycles. The SMILES string of the molecule is CC1COCC(C2COc3ccccc3C2=O)N1. The number of carbonyl (C=O) groups excluding carboxylic acids is 1. The molecule has 3 unspecified atom stereocenters. The molecule has 4 heteroatoms. The van der Waals surface area contributed by atoms with Crippen LogP contribution < -0.4 is 10.1 Å². The first-order valence-corrected chi connectivity index (χ1v) is 6.35. The lowest BCUT2D eigenvalue weighted by atomic mass is 9.88. The third-order valence-corrected chi connectivity index (χ3v) is 3.56. The largest absolute Gasteiger partial charge is 0.492 e. The van der Waals surface area contributed by atoms with E-state index < -0.39 is 0 Å². The maximum absolute atomic E-state index is 12.4. The van der Waals surface area contributed by atoms with Crippen LogP contribution in [0, 0.1) is 5.92 Å². The first-order chi connectivity index (χ1) is 8.75. The van der Waals surface area contributed by atoms with Gasteiger partial charge in [-0.1, -0.05) is 12.1 Å². The van der Waals surface area contributed by atoms with Crippen molar-refractivity contribution in [3.05, 3.63) is 29.8 Å². The average Bonchev–Trinajstić information content (AvgIpc) is 2.39. The number of hydrogen-bond donors (Lipinski definition) is 1. The highest BCUT2D eigenvalue weighted by Gasteiger charge is 2.36. The second-order valence-electron chi connectivity index (χ2n) is 4.99. The highest BCUT2D eigenvalue weighted by Crippen LogP contribution is 2.29. The van der Waals surface area contributed by atoms with Crippen LogP contribution in [0.1, 0.15) is 17.3 Å². The first kappa shape index (κ1) is 11.7. The van der Waals surface area contributed by atoms with E-state index in [1.165, 1.54) is 0 Å². The maximum atomic E-state index is 12.4. The fourth-order valence-corrected chi connectivity index (χ4v) is 2.62. The van der Waals surface area contributed by atoms with Gasteiger partial charge in [-0.2, -0.15) is 0 Å². The quantitative estimate of drug-likeness (QED) is 0.811. The van der Waals surface area contributed by atoms with Crippen LogP contribution in [-0.2, 0) is 4.74 Å². The monoisotopic (exact) mass is 247 g/mol. The Morgan fingerprint density at radius 2 is 2.06 bits per heavy atom. The minimum absolute atomic E-state index is 0.0506. The Balaban J connectivity index is 1.82. The van der Waals surface area contributed by atoms with Gasteiger partial charge in [0.05, 0.1) is 31.3 Å². The molecule has 4 nitrogen and oxygen atoms in total. The predicted molar refractivity (Wildman–Crippen MR) is 67.0 cm³/mol. The van der Waals surface area contributed by atoms with Gasteiger partial charge in [0.25, 0.3) is 0 Å². The molecule has 2 heterocycles. The molecule has 1 saturated heterocycles. The molecule has 0 aromatic heterocycles. The summed E-state index contributed by atoms with van der Waals surface area (Å²) < 4.78 is 11.2. The third-order valence-electron chi connectivity index (χ3n) is 3.56. The van der Waals surface area contributed by atoms with Crippen LogP contribution in [0.5, 0.6) is 5.75 Å². The van der Waals surface area contributed by atoms with Crippen molar-refractivity contribution in [2.24, 2.45) is 5.92 Å². The number of fused-ring (bicyclic) bond motifs is 1. The van der Waals surface area contributed by atoms with E-state index in [9.17, 15) is 4.79 Å². The Kier molecular flexibility index (Phi) is 3.06. The highest BCUT2D eigenvalue weighted by atomic mass is 16.5. The van der Waals surface area contributed by atoms with Crippen molar-refractivity contribution in [3.63, 3.8) is 0 Å². The number of ether oxygens (including phenoxy) is 2. The number of Topliss-reactive ketones (excluding diaryl/α,β-unsaturated/α-hetero) is 1. The summed E-state index contributed by atoms with van der Waals surface area (Å²) in [6, 6.07) is 7.77. The Hall–Kier alpha value is -1.39. The van der Waals surface area contributed by atoms with E-state index in [4.69, 9.17) is 9.47 Å². The highest BCUT2D eigenvalue weighted by molar-refractivity contribution is 6.01. The van der Waals surface area contributed by atoms with Crippen LogP contribution >= 0.6 is 0 Å². The van der Waals surface area contributed by atoms with Gasteiger partial charge in [0.1, 0.15) is 5.75 Å². The number of carbonyl (C=O) groups is 1. The van der Waals surface area contributed by atoms with Gasteiger partial charge >= 0.3 is 0 Å². The van der Waals surface area contributed by atoms with Crippen LogP contribution in [0.15, 0.2) is 24.3 Å². The van der Waals surface area contributed by atoms with E-state index in [1.807, 2.05) is 24.3 Å².